The first kappa shape index (κ1) is 17.1. The van der Waals surface area contributed by atoms with Gasteiger partial charge >= 0.3 is 0 Å². The fourth-order valence-electron chi connectivity index (χ4n) is 3.30. The normalized spacial score (nSPS) is 11.1. The molecule has 2 aromatic heterocycles. The Labute approximate surface area is 165 Å². The van der Waals surface area contributed by atoms with E-state index in [0.29, 0.717) is 33.8 Å². The number of imidazole rings is 1. The monoisotopic (exact) mass is 382 g/mol. The van der Waals surface area contributed by atoms with Crippen LogP contribution in [0.25, 0.3) is 33.3 Å². The highest BCUT2D eigenvalue weighted by atomic mass is 19.1. The van der Waals surface area contributed by atoms with Gasteiger partial charge in [-0.25, -0.2) is 14.4 Å². The number of aromatic amines is 1. The lowest BCUT2D eigenvalue weighted by molar-refractivity contribution is 0.102. The SMILES string of the molecule is O=C(Nc1ccc2ccccc2c1)c1ccnc2[nH]c(-c3ccc(F)cc3)nc12. The molecule has 29 heavy (non-hydrogen) atoms. The van der Waals surface area contributed by atoms with E-state index in [9.17, 15) is 9.18 Å². The molecule has 0 saturated heterocycles. The molecule has 2 heterocycles. The summed E-state index contributed by atoms with van der Waals surface area (Å²) in [5.41, 5.74) is 2.78. The topological polar surface area (TPSA) is 70.7 Å². The van der Waals surface area contributed by atoms with E-state index >= 15 is 0 Å². The van der Waals surface area contributed by atoms with Crippen LogP contribution in [0.4, 0.5) is 10.1 Å². The molecule has 0 saturated carbocycles. The molecular formula is C23H15FN4O. The summed E-state index contributed by atoms with van der Waals surface area (Å²) in [6.45, 7) is 0. The average Bonchev–Trinajstić information content (AvgIpc) is 3.18. The zero-order valence-corrected chi connectivity index (χ0v) is 15.2. The Morgan fingerprint density at radius 1 is 0.931 bits per heavy atom. The number of anilines is 1. The second-order valence-electron chi connectivity index (χ2n) is 6.66. The summed E-state index contributed by atoms with van der Waals surface area (Å²) in [6, 6.07) is 21.3. The first-order valence-corrected chi connectivity index (χ1v) is 9.08. The number of rotatable bonds is 3. The first-order valence-electron chi connectivity index (χ1n) is 9.08. The first-order chi connectivity index (χ1) is 14.2. The molecule has 0 aliphatic carbocycles. The molecule has 140 valence electrons. The van der Waals surface area contributed by atoms with Crippen molar-refractivity contribution in [3.63, 3.8) is 0 Å². The van der Waals surface area contributed by atoms with Gasteiger partial charge in [-0.3, -0.25) is 4.79 Å². The second-order valence-corrected chi connectivity index (χ2v) is 6.66. The maximum atomic E-state index is 13.2. The predicted octanol–water partition coefficient (Wildman–Crippen LogP) is 5.17. The van der Waals surface area contributed by atoms with Crippen LogP contribution < -0.4 is 5.32 Å². The lowest BCUT2D eigenvalue weighted by Crippen LogP contribution is -2.12. The van der Waals surface area contributed by atoms with Crippen molar-refractivity contribution in [1.29, 1.82) is 0 Å². The van der Waals surface area contributed by atoms with Crippen LogP contribution in [0.15, 0.2) is 79.0 Å². The number of carbonyl (C=O) groups excluding carboxylic acids is 1. The van der Waals surface area contributed by atoms with Gasteiger partial charge in [0.05, 0.1) is 5.56 Å². The van der Waals surface area contributed by atoms with Crippen LogP contribution in [-0.4, -0.2) is 20.9 Å². The van der Waals surface area contributed by atoms with Crippen LogP contribution in [0.1, 0.15) is 10.4 Å². The van der Waals surface area contributed by atoms with Gasteiger partial charge in [-0.1, -0.05) is 30.3 Å². The standard InChI is InChI=1S/C23H15FN4O/c24-17-8-5-15(6-9-17)21-27-20-19(11-12-25-22(20)28-21)23(29)26-18-10-7-14-3-1-2-4-16(14)13-18/h1-13H,(H,26,29)(H,25,27,28). The number of aromatic nitrogens is 3. The molecule has 1 amide bonds. The van der Waals surface area contributed by atoms with Crippen LogP contribution >= 0.6 is 0 Å². The smallest absolute Gasteiger partial charge is 0.258 e. The Bertz CT molecular complexity index is 1360. The van der Waals surface area contributed by atoms with E-state index in [1.165, 1.54) is 12.1 Å². The van der Waals surface area contributed by atoms with Gasteiger partial charge in [0, 0.05) is 17.4 Å². The number of amides is 1. The van der Waals surface area contributed by atoms with E-state index in [4.69, 9.17) is 0 Å². The molecule has 0 unspecified atom stereocenters. The summed E-state index contributed by atoms with van der Waals surface area (Å²) in [7, 11) is 0. The van der Waals surface area contributed by atoms with E-state index < -0.39 is 0 Å². The largest absolute Gasteiger partial charge is 0.323 e. The second kappa shape index (κ2) is 6.83. The quantitative estimate of drug-likeness (QED) is 0.452. The zero-order valence-electron chi connectivity index (χ0n) is 15.2. The molecule has 0 bridgehead atoms. The molecule has 2 N–H and O–H groups in total. The Hall–Kier alpha value is -4.06. The molecule has 0 aliphatic rings. The van der Waals surface area contributed by atoms with Crippen molar-refractivity contribution in [1.82, 2.24) is 15.0 Å². The van der Waals surface area contributed by atoms with E-state index in [-0.39, 0.29) is 11.7 Å². The van der Waals surface area contributed by atoms with E-state index in [1.807, 2.05) is 42.5 Å². The number of fused-ring (bicyclic) bond motifs is 2. The van der Waals surface area contributed by atoms with Gasteiger partial charge in [0.2, 0.25) is 0 Å². The molecule has 0 radical (unpaired) electrons. The number of carbonyl (C=O) groups is 1. The van der Waals surface area contributed by atoms with Gasteiger partial charge in [-0.15, -0.1) is 0 Å². The number of H-pyrrole nitrogens is 1. The predicted molar refractivity (Wildman–Crippen MR) is 111 cm³/mol. The summed E-state index contributed by atoms with van der Waals surface area (Å²) in [5, 5.41) is 5.08. The van der Waals surface area contributed by atoms with Gasteiger partial charge in [-0.2, -0.15) is 0 Å². The summed E-state index contributed by atoms with van der Waals surface area (Å²) < 4.78 is 13.2. The van der Waals surface area contributed by atoms with Crippen molar-refractivity contribution < 1.29 is 9.18 Å². The third kappa shape index (κ3) is 3.21. The van der Waals surface area contributed by atoms with Gasteiger partial charge in [0.25, 0.3) is 5.91 Å². The number of hydrogen-bond acceptors (Lipinski definition) is 3. The minimum absolute atomic E-state index is 0.273. The number of halogens is 1. The van der Waals surface area contributed by atoms with Gasteiger partial charge in [0.15, 0.2) is 5.65 Å². The van der Waals surface area contributed by atoms with Crippen molar-refractivity contribution in [3.05, 3.63) is 90.4 Å². The van der Waals surface area contributed by atoms with E-state index in [2.05, 4.69) is 20.3 Å². The van der Waals surface area contributed by atoms with Crippen LogP contribution in [0.2, 0.25) is 0 Å². The molecule has 5 rings (SSSR count). The summed E-state index contributed by atoms with van der Waals surface area (Å²) in [4.78, 5) is 24.8. The average molecular weight is 382 g/mol. The third-order valence-corrected chi connectivity index (χ3v) is 4.75. The highest BCUT2D eigenvalue weighted by Gasteiger charge is 2.16. The molecule has 0 fully saturated rings. The fourth-order valence-corrected chi connectivity index (χ4v) is 3.30. The fraction of sp³-hybridized carbons (Fsp3) is 0. The minimum atomic E-state index is -0.321. The Morgan fingerprint density at radius 3 is 2.55 bits per heavy atom. The highest BCUT2D eigenvalue weighted by Crippen LogP contribution is 2.24. The van der Waals surface area contributed by atoms with Crippen LogP contribution in [0.3, 0.4) is 0 Å². The molecule has 0 atom stereocenters. The maximum absolute atomic E-state index is 13.2. The molecule has 6 heteroatoms. The third-order valence-electron chi connectivity index (χ3n) is 4.75. The number of nitrogens with one attached hydrogen (secondary N) is 2. The highest BCUT2D eigenvalue weighted by molar-refractivity contribution is 6.11. The Kier molecular flexibility index (Phi) is 4.02. The van der Waals surface area contributed by atoms with Crippen molar-refractivity contribution >= 4 is 33.5 Å². The lowest BCUT2D eigenvalue weighted by Gasteiger charge is -2.07. The number of benzene rings is 3. The molecular weight excluding hydrogens is 367 g/mol. The van der Waals surface area contributed by atoms with Crippen molar-refractivity contribution in [3.8, 4) is 11.4 Å². The summed E-state index contributed by atoms with van der Waals surface area (Å²) >= 11 is 0. The number of nitrogens with zero attached hydrogens (tertiary/aromatic N) is 2. The molecule has 5 aromatic rings. The zero-order chi connectivity index (χ0) is 19.8. The van der Waals surface area contributed by atoms with Gasteiger partial charge in [-0.05, 0) is 53.2 Å². The molecule has 0 spiro atoms. The lowest BCUT2D eigenvalue weighted by atomic mass is 10.1. The molecule has 5 nitrogen and oxygen atoms in total. The Balaban J connectivity index is 1.50. The van der Waals surface area contributed by atoms with Gasteiger partial charge in [0.1, 0.15) is 17.2 Å². The summed E-state index contributed by atoms with van der Waals surface area (Å²) in [5.74, 6) is -0.0678. The van der Waals surface area contributed by atoms with Crippen molar-refractivity contribution in [2.45, 2.75) is 0 Å². The van der Waals surface area contributed by atoms with Crippen LogP contribution in [0, 0.1) is 5.82 Å². The van der Waals surface area contributed by atoms with Crippen LogP contribution in [0.5, 0.6) is 0 Å². The molecule has 3 aromatic carbocycles. The van der Waals surface area contributed by atoms with Crippen molar-refractivity contribution in [2.75, 3.05) is 5.32 Å². The Morgan fingerprint density at radius 2 is 1.72 bits per heavy atom. The van der Waals surface area contributed by atoms with Crippen LogP contribution in [-0.2, 0) is 0 Å². The van der Waals surface area contributed by atoms with E-state index in [1.54, 1.807) is 24.4 Å². The summed E-state index contributed by atoms with van der Waals surface area (Å²) in [6.07, 6.45) is 1.56. The maximum Gasteiger partial charge on any atom is 0.258 e. The van der Waals surface area contributed by atoms with E-state index in [0.717, 1.165) is 10.8 Å². The van der Waals surface area contributed by atoms with Crippen molar-refractivity contribution in [2.24, 2.45) is 0 Å². The number of pyridine rings is 1. The van der Waals surface area contributed by atoms with Gasteiger partial charge < -0.3 is 10.3 Å². The number of hydrogen-bond donors (Lipinski definition) is 2. The molecule has 0 aliphatic heterocycles. The minimum Gasteiger partial charge on any atom is -0.323 e.